The minimum Gasteiger partial charge on any atom is -0.480 e. The van der Waals surface area contributed by atoms with Crippen molar-refractivity contribution in [3.63, 3.8) is 0 Å². The van der Waals surface area contributed by atoms with E-state index in [-0.39, 0.29) is 18.5 Å². The highest BCUT2D eigenvalue weighted by Crippen LogP contribution is 2.23. The number of carbonyl (C=O) groups excluding carboxylic acids is 1. The average Bonchev–Trinajstić information content (AvgIpc) is 2.79. The van der Waals surface area contributed by atoms with Gasteiger partial charge in [-0.25, -0.2) is 4.79 Å². The van der Waals surface area contributed by atoms with Crippen molar-refractivity contribution in [1.29, 1.82) is 0 Å². The fraction of sp³-hybridized carbons (Fsp3) is 0.333. The van der Waals surface area contributed by atoms with Crippen molar-refractivity contribution in [2.24, 2.45) is 0 Å². The Bertz CT molecular complexity index is 620. The number of nitro groups is 1. The molecule has 1 aliphatic rings. The largest absolute Gasteiger partial charge is 0.480 e. The van der Waals surface area contributed by atoms with Crippen molar-refractivity contribution in [2.75, 3.05) is 6.54 Å². The minimum atomic E-state index is -1.28. The van der Waals surface area contributed by atoms with Crippen molar-refractivity contribution in [3.8, 4) is 0 Å². The van der Waals surface area contributed by atoms with Crippen LogP contribution in [0.4, 0.5) is 10.1 Å². The molecule has 0 saturated carbocycles. The van der Waals surface area contributed by atoms with Crippen molar-refractivity contribution < 1.29 is 29.1 Å². The fourth-order valence-corrected chi connectivity index (χ4v) is 2.23. The molecule has 112 valence electrons. The molecule has 1 aliphatic heterocycles. The molecule has 1 aromatic rings. The molecule has 1 heterocycles. The smallest absolute Gasteiger partial charge is 0.326 e. The Morgan fingerprint density at radius 1 is 1.43 bits per heavy atom. The lowest BCUT2D eigenvalue weighted by atomic mass is 10.1. The number of nitrogens with zero attached hydrogens (tertiary/aromatic N) is 2. The summed E-state index contributed by atoms with van der Waals surface area (Å²) in [7, 11) is 0. The molecule has 0 aromatic heterocycles. The zero-order chi connectivity index (χ0) is 15.7. The molecule has 2 atom stereocenters. The molecule has 8 nitrogen and oxygen atoms in total. The van der Waals surface area contributed by atoms with Gasteiger partial charge < -0.3 is 15.1 Å². The first-order valence-corrected chi connectivity index (χ1v) is 5.97. The summed E-state index contributed by atoms with van der Waals surface area (Å²) in [6, 6.07) is 1.37. The van der Waals surface area contributed by atoms with Crippen molar-refractivity contribution in [3.05, 3.63) is 39.7 Å². The lowest BCUT2D eigenvalue weighted by Crippen LogP contribution is -2.40. The summed E-state index contributed by atoms with van der Waals surface area (Å²) in [5.41, 5.74) is -0.985. The third-order valence-corrected chi connectivity index (χ3v) is 3.22. The van der Waals surface area contributed by atoms with E-state index in [1.165, 1.54) is 0 Å². The van der Waals surface area contributed by atoms with Gasteiger partial charge in [0.05, 0.1) is 11.0 Å². The van der Waals surface area contributed by atoms with Crippen LogP contribution in [0, 0.1) is 15.9 Å². The van der Waals surface area contributed by atoms with Gasteiger partial charge in [0, 0.05) is 24.6 Å². The Morgan fingerprint density at radius 2 is 2.10 bits per heavy atom. The topological polar surface area (TPSA) is 121 Å². The van der Waals surface area contributed by atoms with E-state index in [9.17, 15) is 29.2 Å². The van der Waals surface area contributed by atoms with Crippen molar-refractivity contribution in [1.82, 2.24) is 4.90 Å². The number of benzene rings is 1. The molecule has 2 rings (SSSR count). The summed E-state index contributed by atoms with van der Waals surface area (Å²) in [6.45, 7) is -0.186. The molecule has 1 amide bonds. The number of halogens is 1. The maximum absolute atomic E-state index is 13.5. The van der Waals surface area contributed by atoms with Crippen molar-refractivity contribution in [2.45, 2.75) is 18.6 Å². The monoisotopic (exact) mass is 298 g/mol. The summed E-state index contributed by atoms with van der Waals surface area (Å²) in [4.78, 5) is 33.7. The number of hydrogen-bond donors (Lipinski definition) is 2. The second-order valence-corrected chi connectivity index (χ2v) is 4.62. The number of carbonyl (C=O) groups is 2. The molecule has 9 heteroatoms. The van der Waals surface area contributed by atoms with Crippen LogP contribution in [0.25, 0.3) is 0 Å². The number of carboxylic acid groups (broad SMARTS) is 1. The number of amides is 1. The van der Waals surface area contributed by atoms with Crippen LogP contribution in [-0.2, 0) is 4.79 Å². The fourth-order valence-electron chi connectivity index (χ4n) is 2.23. The van der Waals surface area contributed by atoms with Gasteiger partial charge in [0.1, 0.15) is 6.04 Å². The molecule has 21 heavy (non-hydrogen) atoms. The molecular formula is C12H11FN2O6. The van der Waals surface area contributed by atoms with Crippen LogP contribution in [0.3, 0.4) is 0 Å². The lowest BCUT2D eigenvalue weighted by molar-refractivity contribution is -0.387. The van der Waals surface area contributed by atoms with E-state index >= 15 is 0 Å². The van der Waals surface area contributed by atoms with Gasteiger partial charge in [-0.05, 0) is 12.1 Å². The SMILES string of the molecule is O=C(O)[C@H]1C[C@@H](O)CN1C(=O)c1ccc([N+](=O)[O-])c(F)c1. The van der Waals surface area contributed by atoms with Gasteiger partial charge in [-0.3, -0.25) is 14.9 Å². The summed E-state index contributed by atoms with van der Waals surface area (Å²) in [6.07, 6.45) is -1.09. The van der Waals surface area contributed by atoms with Gasteiger partial charge in [-0.2, -0.15) is 4.39 Å². The standard InChI is InChI=1S/C12H11FN2O6/c13-8-3-6(1-2-9(8)15(20)21)11(17)14-5-7(16)4-10(14)12(18)19/h1-3,7,10,16H,4-5H2,(H,18,19)/t7-,10-/m1/s1. The Hall–Kier alpha value is -2.55. The van der Waals surface area contributed by atoms with E-state index in [4.69, 9.17) is 5.11 Å². The highest BCUT2D eigenvalue weighted by Gasteiger charge is 2.39. The molecule has 2 N–H and O–H groups in total. The number of hydrogen-bond acceptors (Lipinski definition) is 5. The molecule has 0 radical (unpaired) electrons. The van der Waals surface area contributed by atoms with E-state index in [0.717, 1.165) is 17.0 Å². The molecule has 0 spiro atoms. The van der Waals surface area contributed by atoms with Crippen molar-refractivity contribution >= 4 is 17.6 Å². The number of nitro benzene ring substituents is 1. The normalized spacial score (nSPS) is 21.3. The zero-order valence-electron chi connectivity index (χ0n) is 10.6. The van der Waals surface area contributed by atoms with Gasteiger partial charge in [-0.15, -0.1) is 0 Å². The first-order chi connectivity index (χ1) is 9.81. The van der Waals surface area contributed by atoms with Crippen LogP contribution in [0.15, 0.2) is 18.2 Å². The van der Waals surface area contributed by atoms with Gasteiger partial charge in [0.2, 0.25) is 5.82 Å². The van der Waals surface area contributed by atoms with E-state index in [0.29, 0.717) is 6.07 Å². The Labute approximate surface area is 117 Å². The molecule has 1 saturated heterocycles. The summed E-state index contributed by atoms with van der Waals surface area (Å²) in [5, 5.41) is 29.0. The van der Waals surface area contributed by atoms with Gasteiger partial charge in [-0.1, -0.05) is 0 Å². The maximum Gasteiger partial charge on any atom is 0.326 e. The quantitative estimate of drug-likeness (QED) is 0.615. The first kappa shape index (κ1) is 14.9. The summed E-state index contributed by atoms with van der Waals surface area (Å²) < 4.78 is 13.5. The molecule has 0 bridgehead atoms. The maximum atomic E-state index is 13.5. The van der Waals surface area contributed by atoms with Gasteiger partial charge in [0.25, 0.3) is 5.91 Å². The van der Waals surface area contributed by atoms with E-state index in [1.54, 1.807) is 0 Å². The van der Waals surface area contributed by atoms with Gasteiger partial charge in [0.15, 0.2) is 0 Å². The van der Waals surface area contributed by atoms with E-state index < -0.39 is 40.5 Å². The summed E-state index contributed by atoms with van der Waals surface area (Å²) in [5.74, 6) is -3.26. The molecule has 0 aliphatic carbocycles. The third-order valence-electron chi connectivity index (χ3n) is 3.22. The third kappa shape index (κ3) is 2.82. The van der Waals surface area contributed by atoms with Crippen LogP contribution in [0.2, 0.25) is 0 Å². The average molecular weight is 298 g/mol. The number of carboxylic acids is 1. The lowest BCUT2D eigenvalue weighted by Gasteiger charge is -2.21. The Kier molecular flexibility index (Phi) is 3.85. The number of aliphatic carboxylic acids is 1. The van der Waals surface area contributed by atoms with Crippen LogP contribution in [0.1, 0.15) is 16.8 Å². The predicted octanol–water partition coefficient (Wildman–Crippen LogP) is 0.394. The van der Waals surface area contributed by atoms with E-state index in [2.05, 4.69) is 0 Å². The van der Waals surface area contributed by atoms with Crippen LogP contribution < -0.4 is 0 Å². The zero-order valence-corrected chi connectivity index (χ0v) is 10.6. The highest BCUT2D eigenvalue weighted by molar-refractivity contribution is 5.97. The molecular weight excluding hydrogens is 287 g/mol. The second-order valence-electron chi connectivity index (χ2n) is 4.62. The van der Waals surface area contributed by atoms with Crippen LogP contribution in [-0.4, -0.2) is 50.6 Å². The van der Waals surface area contributed by atoms with Crippen LogP contribution in [0.5, 0.6) is 0 Å². The van der Waals surface area contributed by atoms with Gasteiger partial charge >= 0.3 is 11.7 Å². The number of β-amino-alcohol motifs (C(OH)–C–C–N with tert-alkyl or cyclic N) is 1. The second kappa shape index (κ2) is 5.44. The first-order valence-electron chi connectivity index (χ1n) is 5.97. The van der Waals surface area contributed by atoms with Crippen LogP contribution >= 0.6 is 0 Å². The van der Waals surface area contributed by atoms with E-state index in [1.807, 2.05) is 0 Å². The Morgan fingerprint density at radius 3 is 2.62 bits per heavy atom. The molecule has 1 aromatic carbocycles. The Balaban J connectivity index is 2.29. The molecule has 1 fully saturated rings. The molecule has 0 unspecified atom stereocenters. The minimum absolute atomic E-state index is 0.115. The number of aliphatic hydroxyl groups is 1. The number of likely N-dealkylation sites (tertiary alicyclic amines) is 1. The summed E-state index contributed by atoms with van der Waals surface area (Å²) >= 11 is 0. The number of aliphatic hydroxyl groups excluding tert-OH is 1. The number of rotatable bonds is 3. The predicted molar refractivity (Wildman–Crippen MR) is 66.1 cm³/mol. The highest BCUT2D eigenvalue weighted by atomic mass is 19.1.